The first-order valence-electron chi connectivity index (χ1n) is 10.2. The van der Waals surface area contributed by atoms with E-state index in [-0.39, 0.29) is 29.4 Å². The highest BCUT2D eigenvalue weighted by atomic mass is 19.4. The number of hydrogen-bond acceptors (Lipinski definition) is 5. The van der Waals surface area contributed by atoms with E-state index in [1.807, 2.05) is 4.90 Å². The van der Waals surface area contributed by atoms with Crippen LogP contribution in [-0.2, 0) is 11.0 Å². The van der Waals surface area contributed by atoms with E-state index in [4.69, 9.17) is 5.73 Å². The van der Waals surface area contributed by atoms with Crippen molar-refractivity contribution in [2.24, 2.45) is 11.7 Å². The van der Waals surface area contributed by atoms with Gasteiger partial charge in [-0.15, -0.1) is 0 Å². The molecule has 0 saturated carbocycles. The van der Waals surface area contributed by atoms with Crippen molar-refractivity contribution >= 4 is 22.5 Å². The number of benzene rings is 1. The van der Waals surface area contributed by atoms with Crippen LogP contribution in [0, 0.1) is 5.92 Å². The Morgan fingerprint density at radius 3 is 2.70 bits per heavy atom. The molecule has 2 aliphatic heterocycles. The van der Waals surface area contributed by atoms with Gasteiger partial charge in [0.1, 0.15) is 0 Å². The first kappa shape index (κ1) is 20.9. The summed E-state index contributed by atoms with van der Waals surface area (Å²) in [5.41, 5.74) is 5.69. The molecule has 2 atom stereocenters. The van der Waals surface area contributed by atoms with Crippen molar-refractivity contribution in [3.63, 3.8) is 0 Å². The second-order valence-electron chi connectivity index (χ2n) is 8.49. The van der Waals surface area contributed by atoms with E-state index < -0.39 is 11.7 Å². The van der Waals surface area contributed by atoms with Gasteiger partial charge in [0.15, 0.2) is 0 Å². The van der Waals surface area contributed by atoms with Crippen LogP contribution in [0.25, 0.3) is 10.9 Å². The number of aromatic nitrogens is 1. The fourth-order valence-corrected chi connectivity index (χ4v) is 4.53. The van der Waals surface area contributed by atoms with Crippen molar-refractivity contribution in [1.82, 2.24) is 15.2 Å². The van der Waals surface area contributed by atoms with Gasteiger partial charge in [-0.1, -0.05) is 6.92 Å². The van der Waals surface area contributed by atoms with Crippen molar-refractivity contribution in [2.75, 3.05) is 37.6 Å². The van der Waals surface area contributed by atoms with Crippen molar-refractivity contribution in [3.8, 4) is 0 Å². The molecule has 1 aromatic heterocycles. The zero-order valence-electron chi connectivity index (χ0n) is 16.8. The number of fused-ring (bicyclic) bond motifs is 1. The number of piperidine rings is 1. The summed E-state index contributed by atoms with van der Waals surface area (Å²) in [6.07, 6.45) is -2.25. The molecule has 0 aliphatic carbocycles. The van der Waals surface area contributed by atoms with Gasteiger partial charge in [-0.05, 0) is 36.6 Å². The van der Waals surface area contributed by atoms with Crippen LogP contribution in [0.4, 0.5) is 18.9 Å². The number of halogens is 3. The van der Waals surface area contributed by atoms with E-state index in [2.05, 4.69) is 22.1 Å². The van der Waals surface area contributed by atoms with E-state index >= 15 is 0 Å². The summed E-state index contributed by atoms with van der Waals surface area (Å²) in [5, 5.41) is 3.56. The molecule has 0 bridgehead atoms. The van der Waals surface area contributed by atoms with Crippen molar-refractivity contribution in [1.29, 1.82) is 0 Å². The van der Waals surface area contributed by atoms with Crippen molar-refractivity contribution in [2.45, 2.75) is 31.6 Å². The number of carbonyl (C=O) groups is 1. The minimum Gasteiger partial charge on any atom is -0.369 e. The average molecular weight is 421 g/mol. The third-order valence-electron chi connectivity index (χ3n) is 5.77. The van der Waals surface area contributed by atoms with Crippen LogP contribution >= 0.6 is 0 Å². The van der Waals surface area contributed by atoms with Gasteiger partial charge >= 0.3 is 6.18 Å². The summed E-state index contributed by atoms with van der Waals surface area (Å²) in [6, 6.07) is 6.02. The normalized spacial score (nSPS) is 23.4. The van der Waals surface area contributed by atoms with Crippen LogP contribution in [0.5, 0.6) is 0 Å². The van der Waals surface area contributed by atoms with Gasteiger partial charge in [0, 0.05) is 55.5 Å². The van der Waals surface area contributed by atoms with Crippen LogP contribution in [0.15, 0.2) is 30.5 Å². The molecule has 2 aliphatic rings. The molecule has 1 aromatic carbocycles. The first-order valence-corrected chi connectivity index (χ1v) is 10.2. The number of nitrogens with one attached hydrogen (secondary N) is 1. The Bertz CT molecular complexity index is 928. The van der Waals surface area contributed by atoms with E-state index in [0.717, 1.165) is 25.6 Å². The second kappa shape index (κ2) is 8.03. The predicted molar refractivity (Wildman–Crippen MR) is 109 cm³/mol. The molecule has 0 spiro atoms. The number of rotatable bonds is 4. The number of nitrogens with zero attached hydrogens (tertiary/aromatic N) is 3. The third kappa shape index (κ3) is 4.37. The summed E-state index contributed by atoms with van der Waals surface area (Å²) in [5.74, 6) is 0.246. The highest BCUT2D eigenvalue weighted by molar-refractivity contribution is 5.94. The van der Waals surface area contributed by atoms with Crippen LogP contribution in [0.3, 0.4) is 0 Å². The molecule has 2 aromatic rings. The maximum atomic E-state index is 13.4. The molecular weight excluding hydrogens is 395 g/mol. The van der Waals surface area contributed by atoms with Crippen LogP contribution in [0.1, 0.15) is 18.9 Å². The predicted octanol–water partition coefficient (Wildman–Crippen LogP) is 2.23. The smallest absolute Gasteiger partial charge is 0.369 e. The third-order valence-corrected chi connectivity index (χ3v) is 5.77. The highest BCUT2D eigenvalue weighted by Crippen LogP contribution is 2.38. The SMILES string of the molecule is C[C@H]1CC(NC(=O)CN2CC(N)C2)CN(c2ccc(C(F)(F)F)c3ncccc23)C1. The van der Waals surface area contributed by atoms with Gasteiger partial charge < -0.3 is 16.0 Å². The molecule has 162 valence electrons. The molecule has 3 N–H and O–H groups in total. The lowest BCUT2D eigenvalue weighted by molar-refractivity contribution is -0.136. The summed E-state index contributed by atoms with van der Waals surface area (Å²) in [6.45, 7) is 5.12. The lowest BCUT2D eigenvalue weighted by Crippen LogP contribution is -2.59. The van der Waals surface area contributed by atoms with Crippen molar-refractivity contribution in [3.05, 3.63) is 36.0 Å². The molecule has 2 fully saturated rings. The molecule has 6 nitrogen and oxygen atoms in total. The minimum atomic E-state index is -4.46. The van der Waals surface area contributed by atoms with Gasteiger partial charge in [0.25, 0.3) is 0 Å². The second-order valence-corrected chi connectivity index (χ2v) is 8.49. The van der Waals surface area contributed by atoms with E-state index in [9.17, 15) is 18.0 Å². The Labute approximate surface area is 173 Å². The lowest BCUT2D eigenvalue weighted by Gasteiger charge is -2.40. The monoisotopic (exact) mass is 421 g/mol. The van der Waals surface area contributed by atoms with Crippen LogP contribution in [-0.4, -0.2) is 60.6 Å². The topological polar surface area (TPSA) is 74.5 Å². The molecule has 9 heteroatoms. The zero-order chi connectivity index (χ0) is 21.5. The van der Waals surface area contributed by atoms with Crippen LogP contribution < -0.4 is 16.0 Å². The average Bonchev–Trinajstić information content (AvgIpc) is 2.64. The van der Waals surface area contributed by atoms with Gasteiger partial charge in [-0.25, -0.2) is 0 Å². The molecule has 3 heterocycles. The van der Waals surface area contributed by atoms with E-state index in [1.165, 1.54) is 12.3 Å². The van der Waals surface area contributed by atoms with Crippen molar-refractivity contribution < 1.29 is 18.0 Å². The van der Waals surface area contributed by atoms with Crippen LogP contribution in [0.2, 0.25) is 0 Å². The number of pyridine rings is 1. The number of alkyl halides is 3. The first-order chi connectivity index (χ1) is 14.2. The molecule has 1 amide bonds. The summed E-state index contributed by atoms with van der Waals surface area (Å²) < 4.78 is 40.2. The Kier molecular flexibility index (Phi) is 5.59. The number of carbonyl (C=O) groups excluding carboxylic acids is 1. The standard InChI is InChI=1S/C21H26F3N5O/c1-13-7-15(27-19(30)12-28-9-14(25)10-28)11-29(8-13)18-5-4-17(21(22,23)24)20-16(18)3-2-6-26-20/h2-6,13-15H,7-12,25H2,1H3,(H,27,30)/t13-,15?/m0/s1. The zero-order valence-corrected chi connectivity index (χ0v) is 16.8. The Balaban J connectivity index is 1.53. The summed E-state index contributed by atoms with van der Waals surface area (Å²) in [4.78, 5) is 20.5. The number of hydrogen-bond donors (Lipinski definition) is 2. The Morgan fingerprint density at radius 2 is 2.00 bits per heavy atom. The lowest BCUT2D eigenvalue weighted by atomic mass is 9.94. The number of nitrogens with two attached hydrogens (primary N) is 1. The minimum absolute atomic E-state index is 0.0418. The Hall–Kier alpha value is -2.39. The summed E-state index contributed by atoms with van der Waals surface area (Å²) in [7, 11) is 0. The molecular formula is C21H26F3N5O. The number of likely N-dealkylation sites (tertiary alicyclic amines) is 1. The largest absolute Gasteiger partial charge is 0.418 e. The van der Waals surface area contributed by atoms with Gasteiger partial charge in [-0.2, -0.15) is 13.2 Å². The molecule has 2 saturated heterocycles. The molecule has 1 unspecified atom stereocenters. The number of amides is 1. The van der Waals surface area contributed by atoms with Gasteiger partial charge in [-0.3, -0.25) is 14.7 Å². The molecule has 4 rings (SSSR count). The molecule has 0 radical (unpaired) electrons. The van der Waals surface area contributed by atoms with E-state index in [1.54, 1.807) is 12.1 Å². The van der Waals surface area contributed by atoms with E-state index in [0.29, 0.717) is 30.7 Å². The maximum Gasteiger partial charge on any atom is 0.418 e. The quantitative estimate of drug-likeness (QED) is 0.792. The Morgan fingerprint density at radius 1 is 1.23 bits per heavy atom. The molecule has 30 heavy (non-hydrogen) atoms. The highest BCUT2D eigenvalue weighted by Gasteiger charge is 2.35. The van der Waals surface area contributed by atoms with Gasteiger partial charge in [0.2, 0.25) is 5.91 Å². The maximum absolute atomic E-state index is 13.4. The fraction of sp³-hybridized carbons (Fsp3) is 0.524. The number of anilines is 1. The van der Waals surface area contributed by atoms with Gasteiger partial charge in [0.05, 0.1) is 17.6 Å². The summed E-state index contributed by atoms with van der Waals surface area (Å²) >= 11 is 0. The fourth-order valence-electron chi connectivity index (χ4n) is 4.53.